The highest BCUT2D eigenvalue weighted by atomic mass is 16.3. The molecule has 1 aliphatic heterocycles. The molecule has 0 bridgehead atoms. The van der Waals surface area contributed by atoms with Gasteiger partial charge in [0.2, 0.25) is 0 Å². The molecule has 0 spiro atoms. The van der Waals surface area contributed by atoms with Gasteiger partial charge in [0.15, 0.2) is 0 Å². The van der Waals surface area contributed by atoms with Crippen LogP contribution in [0, 0.1) is 11.8 Å². The van der Waals surface area contributed by atoms with Crippen molar-refractivity contribution in [2.24, 2.45) is 0 Å². The first-order chi connectivity index (χ1) is 10.3. The zero-order chi connectivity index (χ0) is 15.1. The number of hydrogen-bond donors (Lipinski definition) is 2. The lowest BCUT2D eigenvalue weighted by molar-refractivity contribution is 0.0497. The molecule has 5 nitrogen and oxygen atoms in total. The molecule has 1 saturated heterocycles. The molecular weight excluding hydrogens is 268 g/mol. The fraction of sp³-hybridized carbons (Fsp3) is 0.500. The second-order valence-electron chi connectivity index (χ2n) is 5.01. The van der Waals surface area contributed by atoms with Crippen LogP contribution in [-0.4, -0.2) is 51.8 Å². The van der Waals surface area contributed by atoms with E-state index in [2.05, 4.69) is 16.8 Å². The Kier molecular flexibility index (Phi) is 5.73. The Balaban J connectivity index is 2.24. The second-order valence-corrected chi connectivity index (χ2v) is 5.01. The maximum atomic E-state index is 12.7. The number of amides is 1. The first kappa shape index (κ1) is 15.5. The van der Waals surface area contributed by atoms with Gasteiger partial charge in [-0.2, -0.15) is 0 Å². The molecule has 21 heavy (non-hydrogen) atoms. The molecule has 0 saturated carbocycles. The van der Waals surface area contributed by atoms with Gasteiger partial charge in [-0.1, -0.05) is 11.8 Å². The summed E-state index contributed by atoms with van der Waals surface area (Å²) in [6.07, 6.45) is 4.73. The van der Waals surface area contributed by atoms with Crippen LogP contribution in [0.3, 0.4) is 0 Å². The normalized spacial score (nSPS) is 18.0. The molecular formula is C16H20N2O3. The van der Waals surface area contributed by atoms with Crippen molar-refractivity contribution in [3.05, 3.63) is 29.6 Å². The van der Waals surface area contributed by atoms with Gasteiger partial charge in [-0.25, -0.2) is 4.98 Å². The topological polar surface area (TPSA) is 73.7 Å². The van der Waals surface area contributed by atoms with Gasteiger partial charge < -0.3 is 15.1 Å². The fourth-order valence-electron chi connectivity index (χ4n) is 2.48. The lowest BCUT2D eigenvalue weighted by atomic mass is 10.0. The van der Waals surface area contributed by atoms with Crippen molar-refractivity contribution in [3.8, 4) is 11.8 Å². The molecule has 1 atom stereocenters. The minimum absolute atomic E-state index is 0.00471. The van der Waals surface area contributed by atoms with Gasteiger partial charge in [0.25, 0.3) is 5.91 Å². The summed E-state index contributed by atoms with van der Waals surface area (Å²) in [6.45, 7) is 0.615. The van der Waals surface area contributed by atoms with Crippen LogP contribution in [0.2, 0.25) is 0 Å². The third-order valence-corrected chi connectivity index (χ3v) is 3.57. The lowest BCUT2D eigenvalue weighted by Crippen LogP contribution is -2.46. The van der Waals surface area contributed by atoms with Crippen molar-refractivity contribution in [2.75, 3.05) is 19.8 Å². The van der Waals surface area contributed by atoms with E-state index in [9.17, 15) is 9.90 Å². The van der Waals surface area contributed by atoms with Crippen LogP contribution in [0.4, 0.5) is 0 Å². The SMILES string of the molecule is O=C(c1ncccc1C#CCCO)N1CCCCC1CO. The number of rotatable bonds is 3. The molecule has 2 heterocycles. The highest BCUT2D eigenvalue weighted by molar-refractivity contribution is 5.95. The van der Waals surface area contributed by atoms with E-state index < -0.39 is 0 Å². The number of piperidine rings is 1. The number of aliphatic hydroxyl groups excluding tert-OH is 2. The Morgan fingerprint density at radius 2 is 2.29 bits per heavy atom. The number of aliphatic hydroxyl groups is 2. The van der Waals surface area contributed by atoms with Gasteiger partial charge in [-0.05, 0) is 31.4 Å². The Morgan fingerprint density at radius 1 is 1.43 bits per heavy atom. The van der Waals surface area contributed by atoms with Crippen LogP contribution in [0.5, 0.6) is 0 Å². The Hall–Kier alpha value is -1.90. The van der Waals surface area contributed by atoms with Crippen molar-refractivity contribution >= 4 is 5.91 Å². The zero-order valence-electron chi connectivity index (χ0n) is 12.0. The zero-order valence-corrected chi connectivity index (χ0v) is 12.0. The number of hydrogen-bond acceptors (Lipinski definition) is 4. The molecule has 1 aliphatic rings. The van der Waals surface area contributed by atoms with Crippen LogP contribution in [0.15, 0.2) is 18.3 Å². The average Bonchev–Trinajstić information content (AvgIpc) is 2.55. The van der Waals surface area contributed by atoms with E-state index in [1.807, 2.05) is 0 Å². The van der Waals surface area contributed by atoms with E-state index in [4.69, 9.17) is 5.11 Å². The molecule has 5 heteroatoms. The summed E-state index contributed by atoms with van der Waals surface area (Å²) in [5.41, 5.74) is 0.890. The number of aromatic nitrogens is 1. The number of carbonyl (C=O) groups is 1. The smallest absolute Gasteiger partial charge is 0.274 e. The Morgan fingerprint density at radius 3 is 3.05 bits per heavy atom. The molecule has 0 aliphatic carbocycles. The van der Waals surface area contributed by atoms with Gasteiger partial charge in [0.05, 0.1) is 24.8 Å². The molecule has 2 N–H and O–H groups in total. The standard InChI is InChI=1S/C16H20N2O3/c19-11-4-2-6-13-7-5-9-17-15(13)16(21)18-10-3-1-8-14(18)12-20/h5,7,9,14,19-20H,1,3-4,8,10-12H2. The predicted octanol–water partition coefficient (Wildman–Crippen LogP) is 0.802. The third kappa shape index (κ3) is 3.81. The monoisotopic (exact) mass is 288 g/mol. The van der Waals surface area contributed by atoms with E-state index >= 15 is 0 Å². The first-order valence-corrected chi connectivity index (χ1v) is 7.24. The minimum atomic E-state index is -0.178. The van der Waals surface area contributed by atoms with E-state index in [0.717, 1.165) is 19.3 Å². The van der Waals surface area contributed by atoms with E-state index in [-0.39, 0.29) is 25.2 Å². The Bertz CT molecular complexity index is 548. The molecule has 1 fully saturated rings. The van der Waals surface area contributed by atoms with E-state index in [1.54, 1.807) is 23.2 Å². The maximum Gasteiger partial charge on any atom is 0.274 e. The van der Waals surface area contributed by atoms with Gasteiger partial charge >= 0.3 is 0 Å². The minimum Gasteiger partial charge on any atom is -0.395 e. The highest BCUT2D eigenvalue weighted by Crippen LogP contribution is 2.19. The van der Waals surface area contributed by atoms with Gasteiger partial charge in [-0.3, -0.25) is 4.79 Å². The fourth-order valence-corrected chi connectivity index (χ4v) is 2.48. The number of nitrogens with zero attached hydrogens (tertiary/aromatic N) is 2. The maximum absolute atomic E-state index is 12.7. The van der Waals surface area contributed by atoms with Crippen molar-refractivity contribution in [2.45, 2.75) is 31.7 Å². The number of carbonyl (C=O) groups excluding carboxylic acids is 1. The van der Waals surface area contributed by atoms with Gasteiger partial charge in [0.1, 0.15) is 5.69 Å². The molecule has 0 radical (unpaired) electrons. The van der Waals surface area contributed by atoms with Crippen molar-refractivity contribution in [1.29, 1.82) is 0 Å². The van der Waals surface area contributed by atoms with Crippen molar-refractivity contribution in [3.63, 3.8) is 0 Å². The summed E-state index contributed by atoms with van der Waals surface area (Å²) >= 11 is 0. The molecule has 1 aromatic heterocycles. The molecule has 1 amide bonds. The largest absolute Gasteiger partial charge is 0.395 e. The second kappa shape index (κ2) is 7.77. The molecule has 112 valence electrons. The lowest BCUT2D eigenvalue weighted by Gasteiger charge is -2.34. The predicted molar refractivity (Wildman–Crippen MR) is 78.6 cm³/mol. The first-order valence-electron chi connectivity index (χ1n) is 7.24. The summed E-state index contributed by atoms with van der Waals surface area (Å²) in [6, 6.07) is 3.36. The summed E-state index contributed by atoms with van der Waals surface area (Å²) in [7, 11) is 0. The third-order valence-electron chi connectivity index (χ3n) is 3.57. The summed E-state index contributed by atoms with van der Waals surface area (Å²) in [5.74, 6) is 5.52. The van der Waals surface area contributed by atoms with Crippen LogP contribution >= 0.6 is 0 Å². The molecule has 0 aromatic carbocycles. The van der Waals surface area contributed by atoms with Crippen LogP contribution < -0.4 is 0 Å². The molecule has 1 aromatic rings. The summed E-state index contributed by atoms with van der Waals surface area (Å²) in [4.78, 5) is 18.5. The highest BCUT2D eigenvalue weighted by Gasteiger charge is 2.28. The molecule has 1 unspecified atom stereocenters. The quantitative estimate of drug-likeness (QED) is 0.807. The van der Waals surface area contributed by atoms with Crippen molar-refractivity contribution < 1.29 is 15.0 Å². The average molecular weight is 288 g/mol. The van der Waals surface area contributed by atoms with Crippen LogP contribution in [0.25, 0.3) is 0 Å². The Labute approximate surface area is 124 Å². The van der Waals surface area contributed by atoms with E-state index in [0.29, 0.717) is 24.2 Å². The van der Waals surface area contributed by atoms with Crippen molar-refractivity contribution in [1.82, 2.24) is 9.88 Å². The van der Waals surface area contributed by atoms with Crippen LogP contribution in [-0.2, 0) is 0 Å². The van der Waals surface area contributed by atoms with Gasteiger partial charge in [-0.15, -0.1) is 0 Å². The number of pyridine rings is 1. The van der Waals surface area contributed by atoms with E-state index in [1.165, 1.54) is 0 Å². The van der Waals surface area contributed by atoms with Gasteiger partial charge in [0, 0.05) is 19.2 Å². The summed E-state index contributed by atoms with van der Waals surface area (Å²) < 4.78 is 0. The molecule has 2 rings (SSSR count). The number of likely N-dealkylation sites (tertiary alicyclic amines) is 1. The summed E-state index contributed by atoms with van der Waals surface area (Å²) in [5, 5.41) is 18.2. The van der Waals surface area contributed by atoms with Crippen LogP contribution in [0.1, 0.15) is 41.7 Å².